The van der Waals surface area contributed by atoms with Crippen molar-refractivity contribution in [2.75, 3.05) is 0 Å². The van der Waals surface area contributed by atoms with Gasteiger partial charge in [0.1, 0.15) is 0 Å². The van der Waals surface area contributed by atoms with Gasteiger partial charge in [0, 0.05) is 17.8 Å². The summed E-state index contributed by atoms with van der Waals surface area (Å²) in [5.74, 6) is 0. The van der Waals surface area contributed by atoms with E-state index in [-0.39, 0.29) is 0 Å². The highest BCUT2D eigenvalue weighted by Crippen LogP contribution is 2.17. The smallest absolute Gasteiger partial charge is 0.0991 e. The fourth-order valence-corrected chi connectivity index (χ4v) is 1.90. The Kier molecular flexibility index (Phi) is 2.94. The molecule has 0 aliphatic heterocycles. The quantitative estimate of drug-likeness (QED) is 0.849. The minimum Gasteiger partial charge on any atom is -0.326 e. The van der Waals surface area contributed by atoms with Crippen LogP contribution in [-0.4, -0.2) is 9.78 Å². The van der Waals surface area contributed by atoms with Gasteiger partial charge in [-0.25, -0.2) is 4.68 Å². The van der Waals surface area contributed by atoms with E-state index in [0.29, 0.717) is 12.1 Å². The van der Waals surface area contributed by atoms with E-state index in [9.17, 15) is 0 Å². The van der Waals surface area contributed by atoms with Crippen molar-refractivity contribution in [3.8, 4) is 11.8 Å². The van der Waals surface area contributed by atoms with Crippen molar-refractivity contribution in [1.82, 2.24) is 9.78 Å². The fraction of sp³-hybridized carbons (Fsp3) is 0.231. The van der Waals surface area contributed by atoms with Crippen molar-refractivity contribution in [2.24, 2.45) is 5.73 Å². The molecular weight excluding hydrogens is 212 g/mol. The molecule has 0 radical (unpaired) electrons. The third-order valence-electron chi connectivity index (χ3n) is 2.89. The molecule has 0 atom stereocenters. The van der Waals surface area contributed by atoms with E-state index in [1.54, 1.807) is 12.1 Å². The molecule has 2 rings (SSSR count). The van der Waals surface area contributed by atoms with E-state index in [2.05, 4.69) is 11.2 Å². The molecule has 0 amide bonds. The molecule has 0 unspecified atom stereocenters. The SMILES string of the molecule is Cc1nn(-c2ccc(C#N)cc2)c(C)c1CN. The van der Waals surface area contributed by atoms with Gasteiger partial charge < -0.3 is 5.73 Å². The number of hydrogen-bond acceptors (Lipinski definition) is 3. The summed E-state index contributed by atoms with van der Waals surface area (Å²) in [6.45, 7) is 4.45. The lowest BCUT2D eigenvalue weighted by molar-refractivity contribution is 0.832. The standard InChI is InChI=1S/C13H14N4/c1-9-13(8-15)10(2)17(16-9)12-5-3-11(7-14)4-6-12/h3-6H,8,15H2,1-2H3. The normalized spacial score (nSPS) is 10.2. The van der Waals surface area contributed by atoms with E-state index in [1.807, 2.05) is 30.7 Å². The van der Waals surface area contributed by atoms with Crippen LogP contribution < -0.4 is 5.73 Å². The van der Waals surface area contributed by atoms with Gasteiger partial charge in [-0.2, -0.15) is 10.4 Å². The number of benzene rings is 1. The minimum absolute atomic E-state index is 0.494. The average Bonchev–Trinajstić information content (AvgIpc) is 2.64. The van der Waals surface area contributed by atoms with E-state index < -0.39 is 0 Å². The second-order valence-corrected chi connectivity index (χ2v) is 3.92. The Morgan fingerprint density at radius 1 is 1.29 bits per heavy atom. The number of nitrogens with zero attached hydrogens (tertiary/aromatic N) is 3. The predicted molar refractivity (Wildman–Crippen MR) is 65.6 cm³/mol. The molecule has 1 aromatic heterocycles. The van der Waals surface area contributed by atoms with Crippen molar-refractivity contribution in [3.05, 3.63) is 46.8 Å². The fourth-order valence-electron chi connectivity index (χ4n) is 1.90. The predicted octanol–water partition coefficient (Wildman–Crippen LogP) is 1.82. The minimum atomic E-state index is 0.494. The highest BCUT2D eigenvalue weighted by Gasteiger charge is 2.10. The third-order valence-corrected chi connectivity index (χ3v) is 2.89. The van der Waals surface area contributed by atoms with Gasteiger partial charge in [0.05, 0.1) is 23.0 Å². The molecule has 2 N–H and O–H groups in total. The summed E-state index contributed by atoms with van der Waals surface area (Å²) >= 11 is 0. The highest BCUT2D eigenvalue weighted by molar-refractivity contribution is 5.41. The summed E-state index contributed by atoms with van der Waals surface area (Å²) in [5.41, 5.74) is 10.4. The van der Waals surface area contributed by atoms with Crippen LogP contribution in [0.2, 0.25) is 0 Å². The van der Waals surface area contributed by atoms with Crippen LogP contribution >= 0.6 is 0 Å². The number of hydrogen-bond donors (Lipinski definition) is 1. The first-order chi connectivity index (χ1) is 8.17. The Morgan fingerprint density at radius 3 is 2.41 bits per heavy atom. The lowest BCUT2D eigenvalue weighted by Crippen LogP contribution is -2.02. The third kappa shape index (κ3) is 1.93. The summed E-state index contributed by atoms with van der Waals surface area (Å²) in [4.78, 5) is 0. The summed E-state index contributed by atoms with van der Waals surface area (Å²) in [7, 11) is 0. The van der Waals surface area contributed by atoms with Gasteiger partial charge in [0.15, 0.2) is 0 Å². The Labute approximate surface area is 100 Å². The van der Waals surface area contributed by atoms with Crippen molar-refractivity contribution in [2.45, 2.75) is 20.4 Å². The molecule has 0 aliphatic carbocycles. The van der Waals surface area contributed by atoms with Gasteiger partial charge in [-0.1, -0.05) is 0 Å². The van der Waals surface area contributed by atoms with Crippen LogP contribution in [0.3, 0.4) is 0 Å². The van der Waals surface area contributed by atoms with Crippen LogP contribution in [0.25, 0.3) is 5.69 Å². The molecule has 4 heteroatoms. The lowest BCUT2D eigenvalue weighted by atomic mass is 10.2. The summed E-state index contributed by atoms with van der Waals surface area (Å²) < 4.78 is 1.86. The van der Waals surface area contributed by atoms with Gasteiger partial charge in [-0.15, -0.1) is 0 Å². The number of nitrogens with two attached hydrogens (primary N) is 1. The van der Waals surface area contributed by atoms with Crippen molar-refractivity contribution in [1.29, 1.82) is 5.26 Å². The monoisotopic (exact) mass is 226 g/mol. The molecule has 0 aliphatic rings. The molecule has 0 spiro atoms. The van der Waals surface area contributed by atoms with Crippen LogP contribution in [0.4, 0.5) is 0 Å². The summed E-state index contributed by atoms with van der Waals surface area (Å²) in [6.07, 6.45) is 0. The van der Waals surface area contributed by atoms with Crippen molar-refractivity contribution < 1.29 is 0 Å². The first-order valence-electron chi connectivity index (χ1n) is 5.43. The summed E-state index contributed by atoms with van der Waals surface area (Å²) in [6, 6.07) is 9.44. The molecule has 1 aromatic carbocycles. The van der Waals surface area contributed by atoms with Crippen LogP contribution in [0.1, 0.15) is 22.5 Å². The van der Waals surface area contributed by atoms with Gasteiger partial charge in [0.2, 0.25) is 0 Å². The molecule has 0 fully saturated rings. The van der Waals surface area contributed by atoms with Gasteiger partial charge >= 0.3 is 0 Å². The lowest BCUT2D eigenvalue weighted by Gasteiger charge is -2.04. The van der Waals surface area contributed by atoms with Gasteiger partial charge in [-0.3, -0.25) is 0 Å². The first-order valence-corrected chi connectivity index (χ1v) is 5.43. The van der Waals surface area contributed by atoms with E-state index in [1.165, 1.54) is 0 Å². The number of aromatic nitrogens is 2. The first kappa shape index (κ1) is 11.4. The molecule has 86 valence electrons. The second kappa shape index (κ2) is 4.40. The molecule has 0 saturated heterocycles. The van der Waals surface area contributed by atoms with Gasteiger partial charge in [0.25, 0.3) is 0 Å². The molecular formula is C13H14N4. The topological polar surface area (TPSA) is 67.6 Å². The van der Waals surface area contributed by atoms with Crippen LogP contribution in [0.5, 0.6) is 0 Å². The zero-order chi connectivity index (χ0) is 12.4. The van der Waals surface area contributed by atoms with Crippen molar-refractivity contribution in [3.63, 3.8) is 0 Å². The Hall–Kier alpha value is -2.12. The zero-order valence-corrected chi connectivity index (χ0v) is 9.94. The number of aryl methyl sites for hydroxylation is 1. The molecule has 1 heterocycles. The second-order valence-electron chi connectivity index (χ2n) is 3.92. The number of rotatable bonds is 2. The maximum Gasteiger partial charge on any atom is 0.0991 e. The van der Waals surface area contributed by atoms with Gasteiger partial charge in [-0.05, 0) is 38.1 Å². The maximum absolute atomic E-state index is 8.75. The Balaban J connectivity index is 2.50. The molecule has 2 aromatic rings. The molecule has 0 saturated carbocycles. The molecule has 17 heavy (non-hydrogen) atoms. The van der Waals surface area contributed by atoms with Crippen LogP contribution in [0.15, 0.2) is 24.3 Å². The average molecular weight is 226 g/mol. The van der Waals surface area contributed by atoms with Crippen molar-refractivity contribution >= 4 is 0 Å². The Bertz CT molecular complexity index is 573. The number of nitriles is 1. The molecule has 4 nitrogen and oxygen atoms in total. The van der Waals surface area contributed by atoms with E-state index in [4.69, 9.17) is 11.0 Å². The van der Waals surface area contributed by atoms with Crippen LogP contribution in [0, 0.1) is 25.2 Å². The zero-order valence-electron chi connectivity index (χ0n) is 9.94. The van der Waals surface area contributed by atoms with Crippen LogP contribution in [-0.2, 0) is 6.54 Å². The maximum atomic E-state index is 8.75. The highest BCUT2D eigenvalue weighted by atomic mass is 15.3. The Morgan fingerprint density at radius 2 is 1.94 bits per heavy atom. The largest absolute Gasteiger partial charge is 0.326 e. The van der Waals surface area contributed by atoms with E-state index >= 15 is 0 Å². The summed E-state index contributed by atoms with van der Waals surface area (Å²) in [5, 5.41) is 13.2. The van der Waals surface area contributed by atoms with E-state index in [0.717, 1.165) is 22.6 Å². The molecule has 0 bridgehead atoms.